The van der Waals surface area contributed by atoms with E-state index >= 15 is 0 Å². The van der Waals surface area contributed by atoms with Crippen molar-refractivity contribution in [2.45, 2.75) is 55.4 Å². The first kappa shape index (κ1) is 30.6. The number of anilines is 2. The van der Waals surface area contributed by atoms with Crippen LogP contribution < -0.4 is 9.80 Å². The largest absolute Gasteiger partial charge is 0.502 e. The van der Waals surface area contributed by atoms with Crippen LogP contribution in [0.3, 0.4) is 0 Å². The van der Waals surface area contributed by atoms with Crippen LogP contribution in [-0.4, -0.2) is 17.7 Å². The first-order chi connectivity index (χ1) is 17.9. The molecule has 0 spiro atoms. The van der Waals surface area contributed by atoms with Gasteiger partial charge in [0.2, 0.25) is 0 Å². The molecule has 38 heavy (non-hydrogen) atoms. The molecule has 0 saturated carbocycles. The number of allylic oxidation sites excluding steroid dienone is 1. The van der Waals surface area contributed by atoms with E-state index in [1.165, 1.54) is 44.8 Å². The molecule has 1 heterocycles. The Morgan fingerprint density at radius 3 is 1.63 bits per heavy atom. The van der Waals surface area contributed by atoms with Gasteiger partial charge in [-0.25, -0.2) is 0 Å². The third-order valence-electron chi connectivity index (χ3n) is 6.90. The fourth-order valence-electron chi connectivity index (χ4n) is 5.36. The number of rotatable bonds is 5. The van der Waals surface area contributed by atoms with E-state index in [2.05, 4.69) is 109 Å². The normalized spacial score (nSPS) is 13.4. The minimum Gasteiger partial charge on any atom is -0.502 e. The second kappa shape index (κ2) is 13.4. The van der Waals surface area contributed by atoms with Gasteiger partial charge in [-0.1, -0.05) is 35.4 Å². The van der Waals surface area contributed by atoms with Gasteiger partial charge in [-0.05, 0) is 63.8 Å². The van der Waals surface area contributed by atoms with E-state index < -0.39 is 13.5 Å². The minimum atomic E-state index is -1.76. The molecule has 0 aromatic heterocycles. The summed E-state index contributed by atoms with van der Waals surface area (Å²) in [4.78, 5) is 4.81. The van der Waals surface area contributed by atoms with Crippen LogP contribution in [0.2, 0.25) is 0 Å². The Labute approximate surface area is 243 Å². The van der Waals surface area contributed by atoms with Gasteiger partial charge in [-0.15, -0.1) is 0 Å². The van der Waals surface area contributed by atoms with Gasteiger partial charge in [-0.2, -0.15) is 6.67 Å². The molecule has 1 fully saturated rings. The van der Waals surface area contributed by atoms with E-state index in [4.69, 9.17) is 19.4 Å². The first-order valence-corrected chi connectivity index (χ1v) is 18.5. The van der Waals surface area contributed by atoms with E-state index in [1.54, 1.807) is 0 Å². The maximum absolute atomic E-state index is 5.89. The van der Waals surface area contributed by atoms with E-state index in [0.717, 1.165) is 29.8 Å². The molecule has 1 aliphatic rings. The SMILES string of the molecule is C=C(c1ccccc1[CH]=[Ru]([Cl])[Cl])C(C)C.Cc1cc(C)c(N2[CH-]N(c3c(C)cc(C)cc3C)CC2)c(C)c1. The number of hydrogen-bond donors (Lipinski definition) is 0. The van der Waals surface area contributed by atoms with Crippen molar-refractivity contribution in [2.24, 2.45) is 5.92 Å². The number of benzene rings is 3. The number of hydrogen-bond acceptors (Lipinski definition) is 2. The maximum atomic E-state index is 5.89. The van der Waals surface area contributed by atoms with Crippen molar-refractivity contribution < 1.29 is 13.5 Å². The number of aryl methyl sites for hydroxylation is 6. The monoisotopic (exact) mass is 637 g/mol. The molecule has 1 saturated heterocycles. The molecule has 0 aliphatic carbocycles. The Kier molecular flexibility index (Phi) is 10.8. The summed E-state index contributed by atoms with van der Waals surface area (Å²) in [6, 6.07) is 17.2. The van der Waals surface area contributed by atoms with Crippen molar-refractivity contribution in [1.82, 2.24) is 0 Å². The fraction of sp³-hybridized carbons (Fsp3) is 0.333. The van der Waals surface area contributed by atoms with E-state index in [-0.39, 0.29) is 0 Å². The van der Waals surface area contributed by atoms with Crippen molar-refractivity contribution in [3.05, 3.63) is 106 Å². The average Bonchev–Trinajstić information content (AvgIpc) is 3.26. The zero-order chi connectivity index (χ0) is 28.1. The molecular weight excluding hydrogens is 596 g/mol. The standard InChI is InChI=1S/C21H27N2.C12H14.2ClH.Ru/c1-14-9-16(3)20(17(4)10-14)22-7-8-23(13-22)21-18(5)11-15(2)12-19(21)6;1-9(2)11(4)12-8-6-5-7-10(12)3;;;/h9-13H,7-8H2,1-6H3;3,5-9H,4H2,1-2H3;2*1H;/q-1;;;;+2/p-2. The second-order valence-electron chi connectivity index (χ2n) is 10.6. The van der Waals surface area contributed by atoms with Crippen molar-refractivity contribution in [2.75, 3.05) is 22.9 Å². The van der Waals surface area contributed by atoms with Crippen LogP contribution in [0.25, 0.3) is 5.57 Å². The Morgan fingerprint density at radius 1 is 0.816 bits per heavy atom. The molecule has 0 radical (unpaired) electrons. The molecule has 5 heteroatoms. The zero-order valence-electron chi connectivity index (χ0n) is 24.0. The van der Waals surface area contributed by atoms with Gasteiger partial charge in [0.05, 0.1) is 0 Å². The summed E-state index contributed by atoms with van der Waals surface area (Å²) in [6.07, 6.45) is 0. The molecule has 0 N–H and O–H groups in total. The molecule has 2 nitrogen and oxygen atoms in total. The van der Waals surface area contributed by atoms with Crippen molar-refractivity contribution >= 4 is 40.9 Å². The molecule has 1 aliphatic heterocycles. The van der Waals surface area contributed by atoms with Crippen LogP contribution in [0, 0.1) is 54.1 Å². The van der Waals surface area contributed by atoms with Gasteiger partial charge in [-0.3, -0.25) is 0 Å². The predicted octanol–water partition coefficient (Wildman–Crippen LogP) is 9.41. The van der Waals surface area contributed by atoms with Crippen molar-refractivity contribution in [3.63, 3.8) is 0 Å². The molecule has 3 aromatic carbocycles. The Hall–Kier alpha value is -1.93. The molecule has 0 unspecified atom stereocenters. The summed E-state index contributed by atoms with van der Waals surface area (Å²) < 4.78 is 1.97. The maximum Gasteiger partial charge on any atom is 0.0146 e. The van der Waals surface area contributed by atoms with Gasteiger partial charge >= 0.3 is 105 Å². The Bertz CT molecular complexity index is 1230. The summed E-state index contributed by atoms with van der Waals surface area (Å²) in [5.74, 6) is 0.436. The summed E-state index contributed by atoms with van der Waals surface area (Å²) in [7, 11) is 11.8. The smallest absolute Gasteiger partial charge is 0.0146 e. The van der Waals surface area contributed by atoms with Crippen LogP contribution in [0.15, 0.2) is 55.1 Å². The van der Waals surface area contributed by atoms with Crippen molar-refractivity contribution in [1.29, 1.82) is 0 Å². The van der Waals surface area contributed by atoms with E-state index in [1.807, 2.05) is 22.8 Å². The third-order valence-corrected chi connectivity index (χ3v) is 8.73. The van der Waals surface area contributed by atoms with E-state index in [9.17, 15) is 0 Å². The molecular formula is C33H41Cl2N2Ru-. The topological polar surface area (TPSA) is 6.48 Å². The molecule has 3 aromatic rings. The molecule has 206 valence electrons. The zero-order valence-corrected chi connectivity index (χ0v) is 27.2. The molecule has 0 atom stereocenters. The van der Waals surface area contributed by atoms with E-state index in [0.29, 0.717) is 5.92 Å². The average molecular weight is 638 g/mol. The van der Waals surface area contributed by atoms with Gasteiger partial charge in [0, 0.05) is 24.5 Å². The van der Waals surface area contributed by atoms with Gasteiger partial charge in [0.25, 0.3) is 0 Å². The Balaban J connectivity index is 0.000000232. The first-order valence-electron chi connectivity index (χ1n) is 13.0. The summed E-state index contributed by atoms with van der Waals surface area (Å²) in [5, 5.41) is 0. The van der Waals surface area contributed by atoms with Gasteiger partial charge in [0.1, 0.15) is 0 Å². The van der Waals surface area contributed by atoms with Crippen LogP contribution in [0.1, 0.15) is 58.4 Å². The Morgan fingerprint density at radius 2 is 1.24 bits per heavy atom. The number of nitrogens with zero attached hydrogens (tertiary/aromatic N) is 2. The van der Waals surface area contributed by atoms with Gasteiger partial charge in [0.15, 0.2) is 0 Å². The van der Waals surface area contributed by atoms with Crippen LogP contribution in [0.5, 0.6) is 0 Å². The minimum absolute atomic E-state index is 0.436. The molecule has 0 bridgehead atoms. The number of halogens is 2. The molecule has 0 amide bonds. The second-order valence-corrected chi connectivity index (χ2v) is 16.3. The summed E-state index contributed by atoms with van der Waals surface area (Å²) >= 11 is -1.76. The quantitative estimate of drug-likeness (QED) is 0.203. The van der Waals surface area contributed by atoms with Crippen LogP contribution in [0.4, 0.5) is 11.4 Å². The fourth-order valence-corrected chi connectivity index (χ4v) is 7.19. The van der Waals surface area contributed by atoms with Crippen LogP contribution >= 0.6 is 19.4 Å². The van der Waals surface area contributed by atoms with Gasteiger partial charge < -0.3 is 9.80 Å². The molecule has 4 rings (SSSR count). The summed E-state index contributed by atoms with van der Waals surface area (Å²) in [5.41, 5.74) is 14.2. The third kappa shape index (κ3) is 7.59. The summed E-state index contributed by atoms with van der Waals surface area (Å²) in [6.45, 7) is 25.9. The predicted molar refractivity (Wildman–Crippen MR) is 167 cm³/mol. The van der Waals surface area contributed by atoms with Crippen molar-refractivity contribution in [3.8, 4) is 0 Å². The van der Waals surface area contributed by atoms with Crippen LogP contribution in [-0.2, 0) is 13.5 Å².